The summed E-state index contributed by atoms with van der Waals surface area (Å²) >= 11 is 0. The van der Waals surface area contributed by atoms with Crippen molar-refractivity contribution >= 4 is 23.4 Å². The summed E-state index contributed by atoms with van der Waals surface area (Å²) < 4.78 is 16.2. The Labute approximate surface area is 133 Å². The average molecular weight is 304 g/mol. The van der Waals surface area contributed by atoms with E-state index in [4.69, 9.17) is 9.47 Å². The fourth-order valence-electron chi connectivity index (χ4n) is 3.44. The van der Waals surface area contributed by atoms with Crippen molar-refractivity contribution in [2.75, 3.05) is 0 Å². The minimum atomic E-state index is 0.000370. The summed E-state index contributed by atoms with van der Waals surface area (Å²) in [5.74, 6) is 2.89. The molecule has 0 aliphatic carbocycles. The minimum Gasteiger partial charge on any atom is -0.451 e. The molecule has 0 saturated carbocycles. The molecule has 6 nitrogen and oxygen atoms in total. The van der Waals surface area contributed by atoms with Gasteiger partial charge in [-0.1, -0.05) is 0 Å². The van der Waals surface area contributed by atoms with Gasteiger partial charge in [-0.15, -0.1) is 0 Å². The number of aryl methyl sites for hydroxylation is 2. The second kappa shape index (κ2) is 4.28. The molecule has 3 aromatic heterocycles. The second-order valence-corrected chi connectivity index (χ2v) is 5.78. The molecule has 0 radical (unpaired) electrons. The van der Waals surface area contributed by atoms with Gasteiger partial charge in [0.05, 0.1) is 18.6 Å². The Morgan fingerprint density at radius 2 is 1.74 bits per heavy atom. The fraction of sp³-hybridized carbons (Fsp3) is 0.125. The van der Waals surface area contributed by atoms with Crippen LogP contribution in [0.25, 0.3) is 0 Å². The molecule has 0 amide bonds. The highest BCUT2D eigenvalue weighted by molar-refractivity contribution is 6.96. The molecule has 3 aromatic rings. The molecule has 0 unspecified atom stereocenters. The number of pyridine rings is 2. The quantitative estimate of drug-likeness (QED) is 0.268. The topological polar surface area (TPSA) is 52.0 Å². The van der Waals surface area contributed by atoms with Crippen LogP contribution in [0.1, 0.15) is 0 Å². The molecular formula is C16H13BN4O2+2. The predicted octanol–water partition coefficient (Wildman–Crippen LogP) is -1.15. The maximum atomic E-state index is 6.07. The summed E-state index contributed by atoms with van der Waals surface area (Å²) in [6.45, 7) is 0.000370. The van der Waals surface area contributed by atoms with Gasteiger partial charge in [-0.25, -0.2) is 14.1 Å². The van der Waals surface area contributed by atoms with Crippen molar-refractivity contribution in [3.63, 3.8) is 0 Å². The average Bonchev–Trinajstić information content (AvgIpc) is 2.55. The van der Waals surface area contributed by atoms with Crippen LogP contribution in [0, 0.1) is 0 Å². The van der Waals surface area contributed by atoms with Crippen LogP contribution in [0.5, 0.6) is 23.1 Å². The Kier molecular flexibility index (Phi) is 2.34. The Bertz CT molecular complexity index is 870. The van der Waals surface area contributed by atoms with Crippen molar-refractivity contribution in [1.82, 2.24) is 9.97 Å². The Hall–Kier alpha value is -2.96. The van der Waals surface area contributed by atoms with Gasteiger partial charge in [0.1, 0.15) is 25.6 Å². The largest absolute Gasteiger partial charge is 0.451 e. The third-order valence-electron chi connectivity index (χ3n) is 4.45. The van der Waals surface area contributed by atoms with E-state index in [1.807, 2.05) is 38.6 Å². The molecule has 5 rings (SSSR count). The SMILES string of the molecule is C[n+]1cccc2c1B1c3c(cncc3Oc3ncc[n+](C)c31)O2. The van der Waals surface area contributed by atoms with Crippen LogP contribution < -0.4 is 35.3 Å². The molecular weight excluding hydrogens is 291 g/mol. The van der Waals surface area contributed by atoms with Crippen molar-refractivity contribution in [3.05, 3.63) is 43.1 Å². The van der Waals surface area contributed by atoms with Crippen LogP contribution in [0.15, 0.2) is 43.1 Å². The molecule has 0 aromatic carbocycles. The number of rotatable bonds is 0. The first-order chi connectivity index (χ1) is 11.2. The third-order valence-corrected chi connectivity index (χ3v) is 4.45. The summed E-state index contributed by atoms with van der Waals surface area (Å²) in [4.78, 5) is 8.65. The lowest BCUT2D eigenvalue weighted by molar-refractivity contribution is -0.659. The van der Waals surface area contributed by atoms with E-state index in [1.54, 1.807) is 18.6 Å². The van der Waals surface area contributed by atoms with Crippen LogP contribution in [-0.4, -0.2) is 16.7 Å². The van der Waals surface area contributed by atoms with Gasteiger partial charge in [-0.05, 0) is 6.07 Å². The van der Waals surface area contributed by atoms with Crippen molar-refractivity contribution in [1.29, 1.82) is 0 Å². The Balaban J connectivity index is 1.91. The van der Waals surface area contributed by atoms with Gasteiger partial charge in [0.25, 0.3) is 5.88 Å². The van der Waals surface area contributed by atoms with Gasteiger partial charge in [-0.2, -0.15) is 0 Å². The minimum absolute atomic E-state index is 0.000370. The van der Waals surface area contributed by atoms with Crippen LogP contribution in [0.4, 0.5) is 0 Å². The normalized spacial score (nSPS) is 13.4. The molecule has 0 atom stereocenters. The lowest BCUT2D eigenvalue weighted by atomic mass is 9.38. The standard InChI is InChI=1S/C16H13BN4O2/c1-20-6-3-4-10-14(20)17-13-11(22-10)8-18-9-12(13)23-16-15(17)21(2)7-5-19-16/h3-9H,1-2H3/q+2. The first kappa shape index (κ1) is 12.6. The number of fused-ring (bicyclic) bond motifs is 4. The zero-order chi connectivity index (χ0) is 15.6. The van der Waals surface area contributed by atoms with E-state index in [9.17, 15) is 0 Å². The molecule has 0 spiro atoms. The Morgan fingerprint density at radius 3 is 2.61 bits per heavy atom. The molecule has 0 saturated heterocycles. The second-order valence-electron chi connectivity index (χ2n) is 5.78. The van der Waals surface area contributed by atoms with E-state index in [2.05, 4.69) is 19.1 Å². The van der Waals surface area contributed by atoms with Gasteiger partial charge in [-0.3, -0.25) is 4.98 Å². The van der Waals surface area contributed by atoms with E-state index in [0.717, 1.165) is 28.1 Å². The number of hydrogen-bond donors (Lipinski definition) is 0. The number of ether oxygens (including phenoxy) is 2. The van der Waals surface area contributed by atoms with Crippen LogP contribution in [0.3, 0.4) is 0 Å². The molecule has 2 aliphatic heterocycles. The summed E-state index contributed by atoms with van der Waals surface area (Å²) in [6, 6.07) is 3.96. The highest BCUT2D eigenvalue weighted by Crippen LogP contribution is 2.30. The predicted molar refractivity (Wildman–Crippen MR) is 82.1 cm³/mol. The summed E-state index contributed by atoms with van der Waals surface area (Å²) in [7, 11) is 4.04. The molecule has 5 heterocycles. The maximum absolute atomic E-state index is 6.07. The zero-order valence-corrected chi connectivity index (χ0v) is 12.7. The molecule has 2 aliphatic rings. The maximum Gasteiger partial charge on any atom is 0.426 e. The van der Waals surface area contributed by atoms with Gasteiger partial charge >= 0.3 is 6.71 Å². The molecule has 0 bridgehead atoms. The van der Waals surface area contributed by atoms with Crippen LogP contribution in [-0.2, 0) is 14.1 Å². The highest BCUT2D eigenvalue weighted by Gasteiger charge is 2.52. The molecule has 0 fully saturated rings. The van der Waals surface area contributed by atoms with E-state index >= 15 is 0 Å². The molecule has 23 heavy (non-hydrogen) atoms. The Morgan fingerprint density at radius 1 is 0.957 bits per heavy atom. The molecule has 110 valence electrons. The van der Waals surface area contributed by atoms with E-state index < -0.39 is 0 Å². The van der Waals surface area contributed by atoms with E-state index in [-0.39, 0.29) is 6.71 Å². The highest BCUT2D eigenvalue weighted by atomic mass is 16.5. The van der Waals surface area contributed by atoms with Gasteiger partial charge in [0.15, 0.2) is 23.7 Å². The van der Waals surface area contributed by atoms with Crippen LogP contribution in [0.2, 0.25) is 0 Å². The number of nitrogens with zero attached hydrogens (tertiary/aromatic N) is 4. The zero-order valence-electron chi connectivity index (χ0n) is 12.7. The van der Waals surface area contributed by atoms with Gasteiger partial charge < -0.3 is 9.47 Å². The lowest BCUT2D eigenvalue weighted by Crippen LogP contribution is -2.73. The number of aromatic nitrogens is 4. The van der Waals surface area contributed by atoms with Crippen molar-refractivity contribution in [2.45, 2.75) is 0 Å². The van der Waals surface area contributed by atoms with Gasteiger partial charge in [0, 0.05) is 11.5 Å². The first-order valence-corrected chi connectivity index (χ1v) is 7.40. The summed E-state index contributed by atoms with van der Waals surface area (Å²) in [5.41, 5.74) is 3.10. The monoisotopic (exact) mass is 304 g/mol. The molecule has 0 N–H and O–H groups in total. The lowest BCUT2D eigenvalue weighted by Gasteiger charge is -2.27. The van der Waals surface area contributed by atoms with Crippen LogP contribution >= 0.6 is 0 Å². The molecule has 7 heteroatoms. The third kappa shape index (κ3) is 1.59. The fourth-order valence-corrected chi connectivity index (χ4v) is 3.44. The summed E-state index contributed by atoms with van der Waals surface area (Å²) in [6.07, 6.45) is 9.17. The van der Waals surface area contributed by atoms with E-state index in [0.29, 0.717) is 11.6 Å². The first-order valence-electron chi connectivity index (χ1n) is 7.40. The van der Waals surface area contributed by atoms with Crippen molar-refractivity contribution in [2.24, 2.45) is 14.1 Å². The van der Waals surface area contributed by atoms with Gasteiger partial charge in [0.2, 0.25) is 5.59 Å². The summed E-state index contributed by atoms with van der Waals surface area (Å²) in [5, 5.41) is 0. The number of hydrogen-bond acceptors (Lipinski definition) is 4. The van der Waals surface area contributed by atoms with E-state index in [1.165, 1.54) is 0 Å². The van der Waals surface area contributed by atoms with Crippen molar-refractivity contribution in [3.8, 4) is 23.1 Å². The van der Waals surface area contributed by atoms with Crippen molar-refractivity contribution < 1.29 is 18.6 Å². The smallest absolute Gasteiger partial charge is 0.426 e.